The average molecular weight is 320 g/mol. The first-order chi connectivity index (χ1) is 11.1. The van der Waals surface area contributed by atoms with Crippen LogP contribution in [0.25, 0.3) is 0 Å². The number of hydrogen-bond donors (Lipinski definition) is 2. The Hall–Kier alpha value is -2.63. The van der Waals surface area contributed by atoms with E-state index < -0.39 is 11.6 Å². The summed E-state index contributed by atoms with van der Waals surface area (Å²) in [4.78, 5) is 11.7. The number of ether oxygens (including phenoxy) is 1. The third-order valence-corrected chi connectivity index (χ3v) is 3.27. The molecule has 0 bridgehead atoms. The summed E-state index contributed by atoms with van der Waals surface area (Å²) >= 11 is 0. The zero-order chi connectivity index (χ0) is 16.7. The van der Waals surface area contributed by atoms with Crippen LogP contribution in [-0.2, 0) is 11.2 Å². The third kappa shape index (κ3) is 5.25. The normalized spacial score (nSPS) is 10.2. The highest BCUT2D eigenvalue weighted by Crippen LogP contribution is 2.14. The molecule has 0 saturated carbocycles. The van der Waals surface area contributed by atoms with Crippen molar-refractivity contribution in [3.05, 3.63) is 59.7 Å². The van der Waals surface area contributed by atoms with Crippen molar-refractivity contribution in [1.82, 2.24) is 5.32 Å². The van der Waals surface area contributed by atoms with Crippen molar-refractivity contribution in [2.45, 2.75) is 6.42 Å². The van der Waals surface area contributed by atoms with E-state index in [2.05, 4.69) is 10.6 Å². The summed E-state index contributed by atoms with van der Waals surface area (Å²) in [6, 6.07) is 10.7. The Morgan fingerprint density at radius 1 is 1.13 bits per heavy atom. The summed E-state index contributed by atoms with van der Waals surface area (Å²) in [6.45, 7) is 0.393. The summed E-state index contributed by atoms with van der Waals surface area (Å²) in [5.41, 5.74) is 1.17. The van der Waals surface area contributed by atoms with Gasteiger partial charge in [0.25, 0.3) is 0 Å². The molecule has 0 spiro atoms. The van der Waals surface area contributed by atoms with Crippen molar-refractivity contribution in [2.24, 2.45) is 0 Å². The van der Waals surface area contributed by atoms with Gasteiger partial charge in [-0.1, -0.05) is 12.1 Å². The first-order valence-corrected chi connectivity index (χ1v) is 7.17. The van der Waals surface area contributed by atoms with Crippen LogP contribution in [0.2, 0.25) is 0 Å². The van der Waals surface area contributed by atoms with Crippen molar-refractivity contribution < 1.29 is 18.3 Å². The van der Waals surface area contributed by atoms with Crippen LogP contribution in [0.5, 0.6) is 5.75 Å². The van der Waals surface area contributed by atoms with Crippen LogP contribution in [0.3, 0.4) is 0 Å². The molecule has 0 aliphatic carbocycles. The average Bonchev–Trinajstić information content (AvgIpc) is 2.54. The number of rotatable bonds is 7. The first kappa shape index (κ1) is 16.7. The number of benzene rings is 2. The standard InChI is InChI=1S/C17H18F2N2O2/c1-23-14-5-2-12(3-6-14)8-9-20-17(22)11-21-16-7-4-13(18)10-15(16)19/h2-7,10,21H,8-9,11H2,1H3,(H,20,22). The maximum atomic E-state index is 13.4. The Morgan fingerprint density at radius 3 is 2.52 bits per heavy atom. The summed E-state index contributed by atoms with van der Waals surface area (Å²) in [6.07, 6.45) is 0.681. The molecule has 122 valence electrons. The van der Waals surface area contributed by atoms with E-state index >= 15 is 0 Å². The van der Waals surface area contributed by atoms with E-state index in [1.807, 2.05) is 24.3 Å². The molecule has 0 aliphatic heterocycles. The maximum Gasteiger partial charge on any atom is 0.239 e. The van der Waals surface area contributed by atoms with Crippen molar-refractivity contribution in [3.63, 3.8) is 0 Å². The molecule has 0 aromatic heterocycles. The predicted octanol–water partition coefficient (Wildman–Crippen LogP) is 2.74. The van der Waals surface area contributed by atoms with E-state index in [-0.39, 0.29) is 18.1 Å². The monoisotopic (exact) mass is 320 g/mol. The van der Waals surface area contributed by atoms with Gasteiger partial charge < -0.3 is 15.4 Å². The largest absolute Gasteiger partial charge is 0.497 e. The van der Waals surface area contributed by atoms with Crippen LogP contribution in [0, 0.1) is 11.6 Å². The maximum absolute atomic E-state index is 13.4. The topological polar surface area (TPSA) is 50.4 Å². The van der Waals surface area contributed by atoms with Gasteiger partial charge >= 0.3 is 0 Å². The zero-order valence-electron chi connectivity index (χ0n) is 12.7. The van der Waals surface area contributed by atoms with Crippen LogP contribution >= 0.6 is 0 Å². The highest BCUT2D eigenvalue weighted by Gasteiger charge is 2.06. The quantitative estimate of drug-likeness (QED) is 0.825. The van der Waals surface area contributed by atoms with Crippen molar-refractivity contribution in [1.29, 1.82) is 0 Å². The number of halogens is 2. The van der Waals surface area contributed by atoms with Gasteiger partial charge in [-0.2, -0.15) is 0 Å². The highest BCUT2D eigenvalue weighted by atomic mass is 19.1. The summed E-state index contributed by atoms with van der Waals surface area (Å²) < 4.78 is 31.2. The Morgan fingerprint density at radius 2 is 1.87 bits per heavy atom. The second-order valence-electron chi connectivity index (χ2n) is 4.93. The number of nitrogens with one attached hydrogen (secondary N) is 2. The van der Waals surface area contributed by atoms with Crippen LogP contribution in [0.15, 0.2) is 42.5 Å². The first-order valence-electron chi connectivity index (χ1n) is 7.17. The van der Waals surface area contributed by atoms with Gasteiger partial charge in [0.15, 0.2) is 0 Å². The summed E-state index contributed by atoms with van der Waals surface area (Å²) in [5, 5.41) is 5.37. The fourth-order valence-electron chi connectivity index (χ4n) is 2.01. The summed E-state index contributed by atoms with van der Waals surface area (Å²) in [7, 11) is 1.60. The Bertz CT molecular complexity index is 660. The van der Waals surface area contributed by atoms with Crippen molar-refractivity contribution in [3.8, 4) is 5.75 Å². The molecule has 4 nitrogen and oxygen atoms in total. The molecule has 0 unspecified atom stereocenters. The molecule has 2 aromatic rings. The molecule has 0 radical (unpaired) electrons. The van der Waals surface area contributed by atoms with Crippen LogP contribution in [0.1, 0.15) is 5.56 Å². The van der Waals surface area contributed by atoms with Gasteiger partial charge in [0.2, 0.25) is 5.91 Å². The Kier molecular flexibility index (Phi) is 5.91. The molecule has 2 aromatic carbocycles. The molecule has 2 rings (SSSR count). The molecular weight excluding hydrogens is 302 g/mol. The van der Waals surface area contributed by atoms with Gasteiger partial charge in [0.1, 0.15) is 17.4 Å². The number of amides is 1. The minimum Gasteiger partial charge on any atom is -0.497 e. The number of carbonyl (C=O) groups is 1. The Labute approximate surface area is 133 Å². The zero-order valence-corrected chi connectivity index (χ0v) is 12.7. The molecule has 6 heteroatoms. The van der Waals surface area contributed by atoms with Crippen molar-refractivity contribution in [2.75, 3.05) is 25.5 Å². The van der Waals surface area contributed by atoms with E-state index in [9.17, 15) is 13.6 Å². The van der Waals surface area contributed by atoms with Gasteiger partial charge in [-0.3, -0.25) is 4.79 Å². The van der Waals surface area contributed by atoms with Crippen LogP contribution < -0.4 is 15.4 Å². The van der Waals surface area contributed by atoms with Gasteiger partial charge in [-0.15, -0.1) is 0 Å². The predicted molar refractivity (Wildman–Crippen MR) is 84.6 cm³/mol. The van der Waals surface area contributed by atoms with Crippen LogP contribution in [0.4, 0.5) is 14.5 Å². The molecular formula is C17H18F2N2O2. The number of methoxy groups -OCH3 is 1. The number of anilines is 1. The second-order valence-corrected chi connectivity index (χ2v) is 4.93. The van der Waals surface area contributed by atoms with Gasteiger partial charge in [0.05, 0.1) is 19.3 Å². The highest BCUT2D eigenvalue weighted by molar-refractivity contribution is 5.80. The fourth-order valence-corrected chi connectivity index (χ4v) is 2.01. The van der Waals surface area contributed by atoms with Crippen molar-refractivity contribution >= 4 is 11.6 Å². The fraction of sp³-hybridized carbons (Fsp3) is 0.235. The number of carbonyl (C=O) groups excluding carboxylic acids is 1. The molecule has 0 atom stereocenters. The van der Waals surface area contributed by atoms with E-state index in [1.165, 1.54) is 6.07 Å². The minimum atomic E-state index is -0.726. The second kappa shape index (κ2) is 8.12. The Balaban J connectivity index is 1.72. The van der Waals surface area contributed by atoms with Gasteiger partial charge in [-0.05, 0) is 36.2 Å². The lowest BCUT2D eigenvalue weighted by molar-refractivity contribution is -0.119. The molecule has 23 heavy (non-hydrogen) atoms. The summed E-state index contributed by atoms with van der Waals surface area (Å²) in [5.74, 6) is -0.862. The van der Waals surface area contributed by atoms with Gasteiger partial charge in [0, 0.05) is 12.6 Å². The van der Waals surface area contributed by atoms with E-state index in [0.29, 0.717) is 13.0 Å². The van der Waals surface area contributed by atoms with E-state index in [0.717, 1.165) is 23.4 Å². The lowest BCUT2D eigenvalue weighted by Crippen LogP contribution is -2.31. The van der Waals surface area contributed by atoms with Crippen LogP contribution in [-0.4, -0.2) is 26.1 Å². The third-order valence-electron chi connectivity index (χ3n) is 3.27. The molecule has 2 N–H and O–H groups in total. The molecule has 0 saturated heterocycles. The number of hydrogen-bond acceptors (Lipinski definition) is 3. The molecule has 0 fully saturated rings. The van der Waals surface area contributed by atoms with E-state index in [4.69, 9.17) is 4.74 Å². The lowest BCUT2D eigenvalue weighted by Gasteiger charge is -2.09. The smallest absolute Gasteiger partial charge is 0.239 e. The SMILES string of the molecule is COc1ccc(CCNC(=O)CNc2ccc(F)cc2F)cc1. The minimum absolute atomic E-state index is 0.0782. The molecule has 1 amide bonds. The lowest BCUT2D eigenvalue weighted by atomic mass is 10.1. The molecule has 0 heterocycles. The van der Waals surface area contributed by atoms with E-state index in [1.54, 1.807) is 7.11 Å². The van der Waals surface area contributed by atoms with Gasteiger partial charge in [-0.25, -0.2) is 8.78 Å². The molecule has 0 aliphatic rings.